The van der Waals surface area contributed by atoms with Crippen LogP contribution in [-0.4, -0.2) is 39.4 Å². The standard InChI is InChI=1S/C21H27N3O4S/c1-5-22-20(25)16(4)23-21(26)17-13-12-15(3)19(14-17)29(27,28)24(6-2)18-10-8-7-9-11-18/h7-14,16H,5-6H2,1-4H3,(H,22,25)(H,23,26). The predicted octanol–water partition coefficient (Wildman–Crippen LogP) is 2.46. The molecule has 0 aliphatic rings. The van der Waals surface area contributed by atoms with Gasteiger partial charge in [-0.1, -0.05) is 24.3 Å². The second kappa shape index (κ2) is 9.56. The highest BCUT2D eigenvalue weighted by Gasteiger charge is 2.26. The third-order valence-electron chi connectivity index (χ3n) is 4.44. The summed E-state index contributed by atoms with van der Waals surface area (Å²) >= 11 is 0. The molecule has 0 spiro atoms. The molecule has 2 amide bonds. The van der Waals surface area contributed by atoms with Crippen LogP contribution >= 0.6 is 0 Å². The maximum atomic E-state index is 13.3. The SMILES string of the molecule is CCNC(=O)C(C)NC(=O)c1ccc(C)c(S(=O)(=O)N(CC)c2ccccc2)c1. The molecule has 156 valence electrons. The highest BCUT2D eigenvalue weighted by molar-refractivity contribution is 7.92. The summed E-state index contributed by atoms with van der Waals surface area (Å²) in [6.07, 6.45) is 0. The Labute approximate surface area is 172 Å². The van der Waals surface area contributed by atoms with E-state index in [1.54, 1.807) is 64.1 Å². The van der Waals surface area contributed by atoms with Gasteiger partial charge < -0.3 is 10.6 Å². The maximum Gasteiger partial charge on any atom is 0.264 e. The third-order valence-corrected chi connectivity index (χ3v) is 6.49. The van der Waals surface area contributed by atoms with Crippen molar-refractivity contribution in [3.8, 4) is 0 Å². The van der Waals surface area contributed by atoms with E-state index in [4.69, 9.17) is 0 Å². The summed E-state index contributed by atoms with van der Waals surface area (Å²) in [6, 6.07) is 12.6. The highest BCUT2D eigenvalue weighted by atomic mass is 32.2. The lowest BCUT2D eigenvalue weighted by molar-refractivity contribution is -0.122. The molecular formula is C21H27N3O4S. The Bertz CT molecular complexity index is 975. The summed E-state index contributed by atoms with van der Waals surface area (Å²) < 4.78 is 27.9. The molecule has 0 aliphatic carbocycles. The number of carbonyl (C=O) groups excluding carboxylic acids is 2. The first-order valence-electron chi connectivity index (χ1n) is 9.49. The van der Waals surface area contributed by atoms with Crippen molar-refractivity contribution in [1.29, 1.82) is 0 Å². The molecule has 1 atom stereocenters. The number of likely N-dealkylation sites (N-methyl/N-ethyl adjacent to an activating group) is 1. The molecule has 0 saturated carbocycles. The van der Waals surface area contributed by atoms with Crippen LogP contribution in [0.2, 0.25) is 0 Å². The second-order valence-electron chi connectivity index (χ2n) is 6.58. The smallest absolute Gasteiger partial charge is 0.264 e. The first-order chi connectivity index (χ1) is 13.7. The van der Waals surface area contributed by atoms with Crippen molar-refractivity contribution in [2.24, 2.45) is 0 Å². The van der Waals surface area contributed by atoms with E-state index in [0.717, 1.165) is 0 Å². The zero-order chi connectivity index (χ0) is 21.6. The molecule has 2 N–H and O–H groups in total. The van der Waals surface area contributed by atoms with E-state index in [0.29, 0.717) is 17.8 Å². The molecule has 0 fully saturated rings. The molecule has 1 unspecified atom stereocenters. The van der Waals surface area contributed by atoms with E-state index in [-0.39, 0.29) is 22.9 Å². The Morgan fingerprint density at radius 2 is 1.72 bits per heavy atom. The molecule has 0 heterocycles. The zero-order valence-electron chi connectivity index (χ0n) is 17.1. The number of para-hydroxylation sites is 1. The largest absolute Gasteiger partial charge is 0.355 e. The molecular weight excluding hydrogens is 390 g/mol. The van der Waals surface area contributed by atoms with Gasteiger partial charge in [-0.05, 0) is 57.5 Å². The molecule has 2 rings (SSSR count). The van der Waals surface area contributed by atoms with Gasteiger partial charge in [0.2, 0.25) is 5.91 Å². The van der Waals surface area contributed by atoms with Gasteiger partial charge in [-0.2, -0.15) is 0 Å². The van der Waals surface area contributed by atoms with E-state index >= 15 is 0 Å². The summed E-state index contributed by atoms with van der Waals surface area (Å²) in [6.45, 7) is 7.50. The minimum atomic E-state index is -3.87. The van der Waals surface area contributed by atoms with E-state index in [9.17, 15) is 18.0 Å². The number of carbonyl (C=O) groups is 2. The molecule has 2 aromatic carbocycles. The Kier molecular flexibility index (Phi) is 7.39. The minimum absolute atomic E-state index is 0.0570. The summed E-state index contributed by atoms with van der Waals surface area (Å²) in [7, 11) is -3.87. The lowest BCUT2D eigenvalue weighted by Gasteiger charge is -2.24. The van der Waals surface area contributed by atoms with Gasteiger partial charge in [-0.15, -0.1) is 0 Å². The van der Waals surface area contributed by atoms with Gasteiger partial charge in [0, 0.05) is 18.7 Å². The number of hydrogen-bond acceptors (Lipinski definition) is 4. The van der Waals surface area contributed by atoms with Crippen molar-refractivity contribution in [3.63, 3.8) is 0 Å². The molecule has 7 nitrogen and oxygen atoms in total. The van der Waals surface area contributed by atoms with Crippen molar-refractivity contribution >= 4 is 27.5 Å². The topological polar surface area (TPSA) is 95.6 Å². The summed E-state index contributed by atoms with van der Waals surface area (Å²) in [5.74, 6) is -0.815. The average molecular weight is 418 g/mol. The number of aryl methyl sites for hydroxylation is 1. The van der Waals surface area contributed by atoms with Crippen LogP contribution in [0, 0.1) is 6.92 Å². The summed E-state index contributed by atoms with van der Waals surface area (Å²) in [4.78, 5) is 24.5. The molecule has 2 aromatic rings. The Morgan fingerprint density at radius 1 is 1.07 bits per heavy atom. The number of benzene rings is 2. The van der Waals surface area contributed by atoms with E-state index in [1.807, 2.05) is 6.07 Å². The quantitative estimate of drug-likeness (QED) is 0.690. The number of rotatable bonds is 8. The fraction of sp³-hybridized carbons (Fsp3) is 0.333. The fourth-order valence-electron chi connectivity index (χ4n) is 2.90. The summed E-state index contributed by atoms with van der Waals surface area (Å²) in [5.41, 5.74) is 1.26. The maximum absolute atomic E-state index is 13.3. The van der Waals surface area contributed by atoms with Crippen molar-refractivity contribution in [2.45, 2.75) is 38.6 Å². The number of amides is 2. The van der Waals surface area contributed by atoms with Crippen LogP contribution < -0.4 is 14.9 Å². The number of nitrogens with zero attached hydrogens (tertiary/aromatic N) is 1. The Morgan fingerprint density at radius 3 is 2.31 bits per heavy atom. The van der Waals surface area contributed by atoms with Crippen molar-refractivity contribution in [2.75, 3.05) is 17.4 Å². The van der Waals surface area contributed by atoms with Gasteiger partial charge in [0.25, 0.3) is 15.9 Å². The molecule has 29 heavy (non-hydrogen) atoms. The van der Waals surface area contributed by atoms with Crippen molar-refractivity contribution < 1.29 is 18.0 Å². The zero-order valence-corrected chi connectivity index (χ0v) is 17.9. The number of sulfonamides is 1. The number of hydrogen-bond donors (Lipinski definition) is 2. The van der Waals surface area contributed by atoms with Crippen molar-refractivity contribution in [3.05, 3.63) is 59.7 Å². The van der Waals surface area contributed by atoms with Crippen LogP contribution in [0.5, 0.6) is 0 Å². The minimum Gasteiger partial charge on any atom is -0.355 e. The van der Waals surface area contributed by atoms with Gasteiger partial charge in [-0.3, -0.25) is 13.9 Å². The van der Waals surface area contributed by atoms with Crippen LogP contribution in [0.25, 0.3) is 0 Å². The molecule has 0 saturated heterocycles. The normalized spacial score (nSPS) is 12.1. The van der Waals surface area contributed by atoms with Gasteiger partial charge in [0.15, 0.2) is 0 Å². The number of nitrogens with one attached hydrogen (secondary N) is 2. The Hall–Kier alpha value is -2.87. The lowest BCUT2D eigenvalue weighted by Crippen LogP contribution is -2.44. The third kappa shape index (κ3) is 5.14. The summed E-state index contributed by atoms with van der Waals surface area (Å²) in [5, 5.41) is 5.23. The van der Waals surface area contributed by atoms with Crippen LogP contribution in [0.1, 0.15) is 36.7 Å². The molecule has 0 radical (unpaired) electrons. The van der Waals surface area contributed by atoms with Crippen LogP contribution in [0.4, 0.5) is 5.69 Å². The Balaban J connectivity index is 2.37. The predicted molar refractivity (Wildman–Crippen MR) is 113 cm³/mol. The van der Waals surface area contributed by atoms with E-state index < -0.39 is 22.0 Å². The molecule has 0 aliphatic heterocycles. The first-order valence-corrected chi connectivity index (χ1v) is 10.9. The van der Waals surface area contributed by atoms with Crippen LogP contribution in [-0.2, 0) is 14.8 Å². The van der Waals surface area contributed by atoms with Crippen LogP contribution in [0.3, 0.4) is 0 Å². The first kappa shape index (κ1) is 22.4. The van der Waals surface area contributed by atoms with Gasteiger partial charge in [-0.25, -0.2) is 8.42 Å². The van der Waals surface area contributed by atoms with E-state index in [2.05, 4.69) is 10.6 Å². The second-order valence-corrected chi connectivity index (χ2v) is 8.41. The molecule has 0 aromatic heterocycles. The monoisotopic (exact) mass is 417 g/mol. The fourth-order valence-corrected chi connectivity index (χ4v) is 4.62. The molecule has 8 heteroatoms. The van der Waals surface area contributed by atoms with Gasteiger partial charge in [0.05, 0.1) is 10.6 Å². The lowest BCUT2D eigenvalue weighted by atomic mass is 10.1. The average Bonchev–Trinajstić information content (AvgIpc) is 2.69. The van der Waals surface area contributed by atoms with Crippen molar-refractivity contribution in [1.82, 2.24) is 10.6 Å². The van der Waals surface area contributed by atoms with Gasteiger partial charge >= 0.3 is 0 Å². The molecule has 0 bridgehead atoms. The van der Waals surface area contributed by atoms with E-state index in [1.165, 1.54) is 10.4 Å². The van der Waals surface area contributed by atoms with Crippen LogP contribution in [0.15, 0.2) is 53.4 Å². The number of anilines is 1. The highest BCUT2D eigenvalue weighted by Crippen LogP contribution is 2.26. The van der Waals surface area contributed by atoms with Gasteiger partial charge in [0.1, 0.15) is 6.04 Å².